The second-order valence-corrected chi connectivity index (χ2v) is 8.31. The van der Waals surface area contributed by atoms with E-state index in [9.17, 15) is 9.59 Å². The monoisotopic (exact) mass is 418 g/mol. The molecule has 7 heteroatoms. The van der Waals surface area contributed by atoms with E-state index in [2.05, 4.69) is 28.5 Å². The van der Waals surface area contributed by atoms with Gasteiger partial charge < -0.3 is 14.5 Å². The average Bonchev–Trinajstić information content (AvgIpc) is 3.49. The van der Waals surface area contributed by atoms with Crippen molar-refractivity contribution >= 4 is 23.3 Å². The summed E-state index contributed by atoms with van der Waals surface area (Å²) >= 11 is 0. The summed E-state index contributed by atoms with van der Waals surface area (Å²) in [5.41, 5.74) is 4.60. The zero-order valence-electron chi connectivity index (χ0n) is 17.4. The fraction of sp³-hybridized carbons (Fsp3) is 0.375. The number of carbonyl (C=O) groups is 2. The molecular weight excluding hydrogens is 392 g/mol. The Bertz CT molecular complexity index is 987. The zero-order valence-corrected chi connectivity index (χ0v) is 17.4. The number of rotatable bonds is 3. The Morgan fingerprint density at radius 2 is 1.87 bits per heavy atom. The number of carbonyl (C=O) groups excluding carboxylic acids is 2. The molecule has 1 atom stereocenters. The van der Waals surface area contributed by atoms with Crippen LogP contribution < -0.4 is 5.32 Å². The lowest BCUT2D eigenvalue weighted by molar-refractivity contribution is -0.135. The van der Waals surface area contributed by atoms with Crippen molar-refractivity contribution in [2.24, 2.45) is 5.92 Å². The van der Waals surface area contributed by atoms with Crippen LogP contribution in [0.5, 0.6) is 0 Å². The highest BCUT2D eigenvalue weighted by atomic mass is 16.5. The lowest BCUT2D eigenvalue weighted by Gasteiger charge is -2.28. The molecule has 3 amide bonds. The molecule has 3 aliphatic heterocycles. The van der Waals surface area contributed by atoms with Crippen molar-refractivity contribution in [2.45, 2.75) is 25.9 Å². The van der Waals surface area contributed by atoms with Gasteiger partial charge in [0.05, 0.1) is 12.5 Å². The number of fused-ring (bicyclic) bond motifs is 1. The topological polar surface area (TPSA) is 74.8 Å². The maximum absolute atomic E-state index is 12.6. The van der Waals surface area contributed by atoms with Crippen molar-refractivity contribution in [2.75, 3.05) is 31.6 Å². The van der Waals surface area contributed by atoms with Gasteiger partial charge in [-0.25, -0.2) is 9.78 Å². The van der Waals surface area contributed by atoms with E-state index >= 15 is 0 Å². The third-order valence-corrected chi connectivity index (χ3v) is 6.30. The fourth-order valence-corrected chi connectivity index (χ4v) is 4.44. The molecule has 1 aromatic heterocycles. The SMILES string of the molecule is O=C(Nc1ccc(C2=CCN(C(=O)[C@@H]3CCOC3)CC2)cn1)N1Cc2ccccc2C1. The molecule has 1 N–H and O–H groups in total. The predicted molar refractivity (Wildman–Crippen MR) is 117 cm³/mol. The van der Waals surface area contributed by atoms with Crippen LogP contribution in [0.1, 0.15) is 29.5 Å². The quantitative estimate of drug-likeness (QED) is 0.830. The molecule has 1 fully saturated rings. The van der Waals surface area contributed by atoms with Crippen LogP contribution in [0.15, 0.2) is 48.7 Å². The molecule has 1 aromatic carbocycles. The maximum Gasteiger partial charge on any atom is 0.323 e. The minimum Gasteiger partial charge on any atom is -0.381 e. The van der Waals surface area contributed by atoms with Crippen molar-refractivity contribution in [3.05, 3.63) is 65.4 Å². The Morgan fingerprint density at radius 3 is 2.48 bits per heavy atom. The molecule has 3 aliphatic rings. The maximum atomic E-state index is 12.6. The van der Waals surface area contributed by atoms with Gasteiger partial charge in [0.2, 0.25) is 5.91 Å². The molecular formula is C24H26N4O3. The minimum atomic E-state index is -0.140. The zero-order chi connectivity index (χ0) is 21.2. The van der Waals surface area contributed by atoms with Crippen molar-refractivity contribution < 1.29 is 14.3 Å². The summed E-state index contributed by atoms with van der Waals surface area (Å²) in [5.74, 6) is 0.759. The van der Waals surface area contributed by atoms with Gasteiger partial charge in [-0.15, -0.1) is 0 Å². The molecule has 2 aromatic rings. The highest BCUT2D eigenvalue weighted by molar-refractivity contribution is 5.89. The second kappa shape index (κ2) is 8.51. The minimum absolute atomic E-state index is 0.0166. The Kier molecular flexibility index (Phi) is 5.42. The van der Waals surface area contributed by atoms with Gasteiger partial charge in [-0.3, -0.25) is 10.1 Å². The first-order valence-corrected chi connectivity index (χ1v) is 10.8. The Labute approximate surface area is 181 Å². The Hall–Kier alpha value is -3.19. The summed E-state index contributed by atoms with van der Waals surface area (Å²) < 4.78 is 5.34. The van der Waals surface area contributed by atoms with Gasteiger partial charge in [0.15, 0.2) is 0 Å². The third kappa shape index (κ3) is 4.18. The number of urea groups is 1. The van der Waals surface area contributed by atoms with E-state index in [1.807, 2.05) is 29.2 Å². The van der Waals surface area contributed by atoms with Crippen molar-refractivity contribution in [3.63, 3.8) is 0 Å². The average molecular weight is 418 g/mol. The lowest BCUT2D eigenvalue weighted by Crippen LogP contribution is -2.39. The molecule has 160 valence electrons. The van der Waals surface area contributed by atoms with Crippen LogP contribution in [0.4, 0.5) is 10.6 Å². The number of benzene rings is 1. The van der Waals surface area contributed by atoms with Crippen LogP contribution in [-0.2, 0) is 22.6 Å². The number of anilines is 1. The number of hydrogen-bond donors (Lipinski definition) is 1. The molecule has 7 nitrogen and oxygen atoms in total. The van der Waals surface area contributed by atoms with E-state index in [4.69, 9.17) is 4.74 Å². The van der Waals surface area contributed by atoms with Crippen molar-refractivity contribution in [3.8, 4) is 0 Å². The number of ether oxygens (including phenoxy) is 1. The van der Waals surface area contributed by atoms with Crippen LogP contribution in [0.25, 0.3) is 5.57 Å². The molecule has 0 bridgehead atoms. The molecule has 0 aliphatic carbocycles. The van der Waals surface area contributed by atoms with Crippen molar-refractivity contribution in [1.82, 2.24) is 14.8 Å². The molecule has 31 heavy (non-hydrogen) atoms. The van der Waals surface area contributed by atoms with E-state index < -0.39 is 0 Å². The van der Waals surface area contributed by atoms with Gasteiger partial charge in [-0.1, -0.05) is 30.3 Å². The number of nitrogens with one attached hydrogen (secondary N) is 1. The smallest absolute Gasteiger partial charge is 0.323 e. The van der Waals surface area contributed by atoms with Gasteiger partial charge in [0.25, 0.3) is 0 Å². The van der Waals surface area contributed by atoms with Crippen LogP contribution in [0.2, 0.25) is 0 Å². The number of hydrogen-bond acceptors (Lipinski definition) is 4. The highest BCUT2D eigenvalue weighted by Crippen LogP contribution is 2.26. The molecule has 4 heterocycles. The first-order valence-electron chi connectivity index (χ1n) is 10.8. The van der Waals surface area contributed by atoms with E-state index in [0.717, 1.165) is 24.9 Å². The molecule has 0 unspecified atom stereocenters. The first-order chi connectivity index (χ1) is 15.2. The van der Waals surface area contributed by atoms with Gasteiger partial charge in [0, 0.05) is 39.0 Å². The summed E-state index contributed by atoms with van der Waals surface area (Å²) in [7, 11) is 0. The van der Waals surface area contributed by atoms with Crippen LogP contribution in [0.3, 0.4) is 0 Å². The van der Waals surface area contributed by atoms with Crippen LogP contribution in [0, 0.1) is 5.92 Å². The largest absolute Gasteiger partial charge is 0.381 e. The molecule has 0 spiro atoms. The number of nitrogens with zero attached hydrogens (tertiary/aromatic N) is 3. The number of aromatic nitrogens is 1. The standard InChI is InChI=1S/C24H26N4O3/c29-23(21-9-12-31-16-21)27-10-7-17(8-11-27)18-5-6-22(25-13-18)26-24(30)28-14-19-3-1-2-4-20(19)15-28/h1-7,13,21H,8-12,14-16H2,(H,25,26,30)/t21-/m1/s1. The molecule has 1 saturated heterocycles. The van der Waals surface area contributed by atoms with Crippen LogP contribution >= 0.6 is 0 Å². The van der Waals surface area contributed by atoms with E-state index in [-0.39, 0.29) is 17.9 Å². The van der Waals surface area contributed by atoms with Gasteiger partial charge >= 0.3 is 6.03 Å². The Balaban J connectivity index is 1.17. The molecule has 0 saturated carbocycles. The van der Waals surface area contributed by atoms with E-state index in [0.29, 0.717) is 38.7 Å². The summed E-state index contributed by atoms with van der Waals surface area (Å²) in [6.45, 7) is 3.81. The van der Waals surface area contributed by atoms with E-state index in [1.54, 1.807) is 11.1 Å². The van der Waals surface area contributed by atoms with Crippen molar-refractivity contribution in [1.29, 1.82) is 0 Å². The normalized spacial score (nSPS) is 20.4. The first kappa shape index (κ1) is 19.8. The van der Waals surface area contributed by atoms with Gasteiger partial charge in [-0.2, -0.15) is 0 Å². The van der Waals surface area contributed by atoms with E-state index in [1.165, 1.54) is 16.7 Å². The fourth-order valence-electron chi connectivity index (χ4n) is 4.44. The Morgan fingerprint density at radius 1 is 1.06 bits per heavy atom. The molecule has 5 rings (SSSR count). The van der Waals surface area contributed by atoms with Gasteiger partial charge in [-0.05, 0) is 47.2 Å². The predicted octanol–water partition coefficient (Wildman–Crippen LogP) is 3.28. The summed E-state index contributed by atoms with van der Waals surface area (Å²) in [6.07, 6.45) is 5.53. The number of amides is 3. The summed E-state index contributed by atoms with van der Waals surface area (Å²) in [5, 5.41) is 2.89. The second-order valence-electron chi connectivity index (χ2n) is 8.31. The third-order valence-electron chi connectivity index (χ3n) is 6.30. The van der Waals surface area contributed by atoms with Crippen LogP contribution in [-0.4, -0.2) is 53.0 Å². The van der Waals surface area contributed by atoms with Gasteiger partial charge in [0.1, 0.15) is 5.82 Å². The summed E-state index contributed by atoms with van der Waals surface area (Å²) in [4.78, 5) is 33.3. The molecule has 0 radical (unpaired) electrons. The lowest BCUT2D eigenvalue weighted by atomic mass is 9.99. The number of pyridine rings is 1. The summed E-state index contributed by atoms with van der Waals surface area (Å²) in [6, 6.07) is 11.8. The highest BCUT2D eigenvalue weighted by Gasteiger charge is 2.29.